The molecule has 1 aliphatic heterocycles. The third-order valence-electron chi connectivity index (χ3n) is 4.87. The Morgan fingerprint density at radius 1 is 0.889 bits per heavy atom. The van der Waals surface area contributed by atoms with Crippen LogP contribution in [0.3, 0.4) is 0 Å². The number of anilines is 2. The van der Waals surface area contributed by atoms with Crippen molar-refractivity contribution in [2.45, 2.75) is 6.92 Å². The fraction of sp³-hybridized carbons (Fsp3) is 0.278. The molecule has 0 N–H and O–H groups in total. The average molecular weight is 361 g/mol. The molecule has 27 heavy (non-hydrogen) atoms. The standard InChI is InChI=1S/C18H19N9/c1-14-19-7-8-26(14)16-4-2-3-15(21-16)24-9-11-25(12-10-24)18-6-5-17-22-20-13-27(17)23-18/h2-8,13H,9-12H2,1H3. The molecule has 5 rings (SSSR count). The van der Waals surface area contributed by atoms with Gasteiger partial charge in [0, 0.05) is 38.6 Å². The Balaban J connectivity index is 1.32. The molecule has 0 aromatic carbocycles. The third-order valence-corrected chi connectivity index (χ3v) is 4.87. The van der Waals surface area contributed by atoms with E-state index < -0.39 is 0 Å². The van der Waals surface area contributed by atoms with Gasteiger partial charge in [0.15, 0.2) is 5.65 Å². The van der Waals surface area contributed by atoms with Crippen LogP contribution in [-0.2, 0) is 0 Å². The van der Waals surface area contributed by atoms with Gasteiger partial charge in [-0.05, 0) is 31.2 Å². The molecule has 5 heterocycles. The molecule has 0 bridgehead atoms. The van der Waals surface area contributed by atoms with Crippen molar-refractivity contribution in [3.05, 3.63) is 54.9 Å². The predicted molar refractivity (Wildman–Crippen MR) is 101 cm³/mol. The Morgan fingerprint density at radius 2 is 1.67 bits per heavy atom. The van der Waals surface area contributed by atoms with E-state index in [1.54, 1.807) is 17.0 Å². The highest BCUT2D eigenvalue weighted by atomic mass is 15.4. The van der Waals surface area contributed by atoms with E-state index in [0.29, 0.717) is 0 Å². The molecule has 0 amide bonds. The lowest BCUT2D eigenvalue weighted by atomic mass is 10.3. The number of hydrogen-bond acceptors (Lipinski definition) is 7. The quantitative estimate of drug-likeness (QED) is 0.545. The van der Waals surface area contributed by atoms with Crippen molar-refractivity contribution in [3.8, 4) is 5.82 Å². The number of rotatable bonds is 3. The van der Waals surface area contributed by atoms with E-state index in [9.17, 15) is 0 Å². The highest BCUT2D eigenvalue weighted by Gasteiger charge is 2.20. The molecule has 9 heteroatoms. The van der Waals surface area contributed by atoms with Crippen LogP contribution in [0, 0.1) is 6.92 Å². The first-order valence-electron chi connectivity index (χ1n) is 8.92. The number of aromatic nitrogens is 7. The molecule has 0 atom stereocenters. The second-order valence-corrected chi connectivity index (χ2v) is 6.50. The maximum atomic E-state index is 4.83. The van der Waals surface area contributed by atoms with E-state index in [2.05, 4.69) is 36.1 Å². The summed E-state index contributed by atoms with van der Waals surface area (Å²) in [5.74, 6) is 3.75. The Labute approximate surface area is 155 Å². The molecule has 0 aliphatic carbocycles. The summed E-state index contributed by atoms with van der Waals surface area (Å²) in [4.78, 5) is 13.7. The molecule has 0 unspecified atom stereocenters. The smallest absolute Gasteiger partial charge is 0.177 e. The Hall–Kier alpha value is -3.49. The second kappa shape index (κ2) is 6.35. The summed E-state index contributed by atoms with van der Waals surface area (Å²) in [5.41, 5.74) is 0.758. The lowest BCUT2D eigenvalue weighted by Crippen LogP contribution is -2.47. The van der Waals surface area contributed by atoms with Gasteiger partial charge in [0.05, 0.1) is 0 Å². The molecular weight excluding hydrogens is 342 g/mol. The molecule has 0 radical (unpaired) electrons. The van der Waals surface area contributed by atoms with Gasteiger partial charge in [0.25, 0.3) is 0 Å². The van der Waals surface area contributed by atoms with Crippen LogP contribution in [-0.4, -0.2) is 60.5 Å². The number of imidazole rings is 1. The first kappa shape index (κ1) is 15.7. The molecule has 1 saturated heterocycles. The lowest BCUT2D eigenvalue weighted by molar-refractivity contribution is 0.635. The van der Waals surface area contributed by atoms with Crippen LogP contribution >= 0.6 is 0 Å². The van der Waals surface area contributed by atoms with Crippen molar-refractivity contribution >= 4 is 17.3 Å². The van der Waals surface area contributed by atoms with Crippen LogP contribution < -0.4 is 9.80 Å². The largest absolute Gasteiger partial charge is 0.353 e. The van der Waals surface area contributed by atoms with E-state index >= 15 is 0 Å². The molecule has 136 valence electrons. The van der Waals surface area contributed by atoms with Crippen LogP contribution in [0.1, 0.15) is 5.82 Å². The highest BCUT2D eigenvalue weighted by molar-refractivity contribution is 5.49. The molecule has 1 aliphatic rings. The van der Waals surface area contributed by atoms with Crippen LogP contribution in [0.2, 0.25) is 0 Å². The summed E-state index contributed by atoms with van der Waals surface area (Å²) >= 11 is 0. The van der Waals surface area contributed by atoms with Gasteiger partial charge < -0.3 is 9.80 Å². The van der Waals surface area contributed by atoms with E-state index in [1.165, 1.54) is 0 Å². The average Bonchev–Trinajstić information content (AvgIpc) is 3.36. The summed E-state index contributed by atoms with van der Waals surface area (Å²) < 4.78 is 3.71. The fourth-order valence-corrected chi connectivity index (χ4v) is 3.39. The topological polar surface area (TPSA) is 80.3 Å². The van der Waals surface area contributed by atoms with E-state index in [0.717, 1.165) is 55.1 Å². The van der Waals surface area contributed by atoms with Gasteiger partial charge >= 0.3 is 0 Å². The van der Waals surface area contributed by atoms with Crippen molar-refractivity contribution in [1.82, 2.24) is 34.3 Å². The number of piperazine rings is 1. The minimum Gasteiger partial charge on any atom is -0.353 e. The number of fused-ring (bicyclic) bond motifs is 1. The van der Waals surface area contributed by atoms with Gasteiger partial charge in [-0.3, -0.25) is 4.57 Å². The summed E-state index contributed by atoms with van der Waals surface area (Å²) in [7, 11) is 0. The zero-order valence-electron chi connectivity index (χ0n) is 15.0. The summed E-state index contributed by atoms with van der Waals surface area (Å²) in [6.45, 7) is 5.53. The van der Waals surface area contributed by atoms with Crippen molar-refractivity contribution in [3.63, 3.8) is 0 Å². The fourth-order valence-electron chi connectivity index (χ4n) is 3.39. The summed E-state index contributed by atoms with van der Waals surface area (Å²) in [5, 5.41) is 12.5. The number of nitrogens with zero attached hydrogens (tertiary/aromatic N) is 9. The van der Waals surface area contributed by atoms with Crippen molar-refractivity contribution in [1.29, 1.82) is 0 Å². The van der Waals surface area contributed by atoms with Crippen LogP contribution in [0.4, 0.5) is 11.6 Å². The van der Waals surface area contributed by atoms with E-state index in [4.69, 9.17) is 4.98 Å². The number of pyridine rings is 1. The van der Waals surface area contributed by atoms with Crippen molar-refractivity contribution in [2.24, 2.45) is 0 Å². The Kier molecular flexibility index (Phi) is 3.70. The van der Waals surface area contributed by atoms with E-state index in [1.807, 2.05) is 42.0 Å². The SMILES string of the molecule is Cc1nccn1-c1cccc(N2CCN(c3ccc4nncn4n3)CC2)n1. The number of hydrogen-bond donors (Lipinski definition) is 0. The van der Waals surface area contributed by atoms with Gasteiger partial charge in [-0.25, -0.2) is 9.97 Å². The molecule has 0 saturated carbocycles. The molecule has 0 spiro atoms. The Bertz CT molecular complexity index is 1080. The van der Waals surface area contributed by atoms with Crippen LogP contribution in [0.15, 0.2) is 49.1 Å². The molecule has 1 fully saturated rings. The Morgan fingerprint density at radius 3 is 2.44 bits per heavy atom. The maximum Gasteiger partial charge on any atom is 0.177 e. The summed E-state index contributed by atoms with van der Waals surface area (Å²) in [6, 6.07) is 10.1. The zero-order valence-corrected chi connectivity index (χ0v) is 15.0. The lowest BCUT2D eigenvalue weighted by Gasteiger charge is -2.36. The molecule has 4 aromatic rings. The predicted octanol–water partition coefficient (Wildman–Crippen LogP) is 1.34. The highest BCUT2D eigenvalue weighted by Crippen LogP contribution is 2.19. The maximum absolute atomic E-state index is 4.83. The van der Waals surface area contributed by atoms with E-state index in [-0.39, 0.29) is 0 Å². The molecule has 4 aromatic heterocycles. The van der Waals surface area contributed by atoms with Crippen molar-refractivity contribution in [2.75, 3.05) is 36.0 Å². The monoisotopic (exact) mass is 361 g/mol. The molecular formula is C18H19N9. The van der Waals surface area contributed by atoms with Gasteiger partial charge in [0.2, 0.25) is 0 Å². The van der Waals surface area contributed by atoms with Crippen LogP contribution in [0.25, 0.3) is 11.5 Å². The normalized spacial score (nSPS) is 14.9. The second-order valence-electron chi connectivity index (χ2n) is 6.50. The van der Waals surface area contributed by atoms with Gasteiger partial charge in [-0.15, -0.1) is 15.3 Å². The zero-order chi connectivity index (χ0) is 18.2. The van der Waals surface area contributed by atoms with Gasteiger partial charge in [0.1, 0.15) is 29.6 Å². The summed E-state index contributed by atoms with van der Waals surface area (Å²) in [6.07, 6.45) is 5.36. The van der Waals surface area contributed by atoms with Crippen molar-refractivity contribution < 1.29 is 0 Å². The third kappa shape index (κ3) is 2.86. The first-order chi connectivity index (χ1) is 13.3. The first-order valence-corrected chi connectivity index (χ1v) is 8.92. The minimum absolute atomic E-state index is 0.758. The van der Waals surface area contributed by atoms with Gasteiger partial charge in [-0.1, -0.05) is 6.07 Å². The minimum atomic E-state index is 0.758. The number of aryl methyl sites for hydroxylation is 1. The molecule has 9 nitrogen and oxygen atoms in total. The van der Waals surface area contributed by atoms with Gasteiger partial charge in [-0.2, -0.15) is 4.52 Å². The van der Waals surface area contributed by atoms with Crippen LogP contribution in [0.5, 0.6) is 0 Å².